The number of benzene rings is 1. The molecule has 10 nitrogen and oxygen atoms in total. The topological polar surface area (TPSA) is 126 Å². The van der Waals surface area contributed by atoms with Crippen LogP contribution in [0, 0.1) is 0 Å². The van der Waals surface area contributed by atoms with E-state index in [2.05, 4.69) is 20.6 Å². The molecule has 1 saturated heterocycles. The minimum absolute atomic E-state index is 0.0923. The molecule has 1 aromatic carbocycles. The number of fused-ring (bicyclic) bond motifs is 1. The molecule has 0 aliphatic carbocycles. The number of methoxy groups -OCH3 is 1. The van der Waals surface area contributed by atoms with Crippen LogP contribution in [-0.4, -0.2) is 55.2 Å². The van der Waals surface area contributed by atoms with Gasteiger partial charge in [-0.15, -0.1) is 0 Å². The van der Waals surface area contributed by atoms with Gasteiger partial charge in [0.25, 0.3) is 5.56 Å². The van der Waals surface area contributed by atoms with Crippen molar-refractivity contribution in [3.63, 3.8) is 0 Å². The predicted molar refractivity (Wildman–Crippen MR) is 111 cm³/mol. The Balaban J connectivity index is 1.66. The summed E-state index contributed by atoms with van der Waals surface area (Å²) in [5.41, 5.74) is -0.0124. The van der Waals surface area contributed by atoms with Gasteiger partial charge in [0.05, 0.1) is 37.5 Å². The zero-order valence-corrected chi connectivity index (χ0v) is 16.9. The van der Waals surface area contributed by atoms with E-state index in [-0.39, 0.29) is 17.8 Å². The molecule has 158 valence electrons. The summed E-state index contributed by atoms with van der Waals surface area (Å²) in [5, 5.41) is 5.71. The number of amides is 2. The summed E-state index contributed by atoms with van der Waals surface area (Å²) in [7, 11) is 1.46. The van der Waals surface area contributed by atoms with E-state index in [0.29, 0.717) is 48.7 Å². The number of carbonyl (C=O) groups is 2. The Morgan fingerprint density at radius 2 is 2.10 bits per heavy atom. The number of anilines is 3. The number of aromatic amines is 1. The second kappa shape index (κ2) is 8.33. The lowest BCUT2D eigenvalue weighted by Crippen LogP contribution is -2.41. The number of nitrogens with one attached hydrogen (secondary N) is 3. The maximum absolute atomic E-state index is 13.0. The van der Waals surface area contributed by atoms with Crippen molar-refractivity contribution in [1.82, 2.24) is 9.97 Å². The summed E-state index contributed by atoms with van der Waals surface area (Å²) in [5.74, 6) is -1.10. The third-order valence-corrected chi connectivity index (χ3v) is 5.22. The van der Waals surface area contributed by atoms with Crippen molar-refractivity contribution in [3.8, 4) is 5.75 Å². The van der Waals surface area contributed by atoms with Gasteiger partial charge in [0.15, 0.2) is 0 Å². The Bertz CT molecular complexity index is 1050. The highest BCUT2D eigenvalue weighted by Crippen LogP contribution is 2.33. The monoisotopic (exact) mass is 433 g/mol. The van der Waals surface area contributed by atoms with Crippen LogP contribution in [0.15, 0.2) is 23.0 Å². The van der Waals surface area contributed by atoms with Gasteiger partial charge in [0.1, 0.15) is 11.6 Å². The summed E-state index contributed by atoms with van der Waals surface area (Å²) in [6.07, 6.45) is -0.177. The van der Waals surface area contributed by atoms with Crippen molar-refractivity contribution in [2.75, 3.05) is 48.9 Å². The minimum Gasteiger partial charge on any atom is -0.495 e. The molecule has 2 aliphatic heterocycles. The number of ether oxygens (including phenoxy) is 2. The molecule has 1 aromatic heterocycles. The van der Waals surface area contributed by atoms with E-state index in [0.717, 1.165) is 0 Å². The Hall–Kier alpha value is -3.11. The van der Waals surface area contributed by atoms with Crippen LogP contribution in [0.3, 0.4) is 0 Å². The van der Waals surface area contributed by atoms with Crippen LogP contribution in [0.25, 0.3) is 0 Å². The molecule has 1 unspecified atom stereocenters. The molecule has 0 radical (unpaired) electrons. The highest BCUT2D eigenvalue weighted by molar-refractivity contribution is 6.31. The van der Waals surface area contributed by atoms with Gasteiger partial charge in [-0.1, -0.05) is 11.6 Å². The van der Waals surface area contributed by atoms with E-state index in [1.165, 1.54) is 13.2 Å². The summed E-state index contributed by atoms with van der Waals surface area (Å²) >= 11 is 6.01. The first-order chi connectivity index (χ1) is 14.5. The van der Waals surface area contributed by atoms with Gasteiger partial charge in [0, 0.05) is 24.5 Å². The average Bonchev–Trinajstić information content (AvgIpc) is 2.73. The van der Waals surface area contributed by atoms with Gasteiger partial charge in [-0.3, -0.25) is 19.4 Å². The van der Waals surface area contributed by atoms with Gasteiger partial charge in [-0.05, 0) is 18.2 Å². The molecule has 0 bridgehead atoms. The van der Waals surface area contributed by atoms with Crippen LogP contribution < -0.4 is 25.8 Å². The quantitative estimate of drug-likeness (QED) is 0.664. The van der Waals surface area contributed by atoms with Crippen molar-refractivity contribution in [2.24, 2.45) is 0 Å². The van der Waals surface area contributed by atoms with E-state index >= 15 is 0 Å². The lowest BCUT2D eigenvalue weighted by molar-refractivity contribution is -0.123. The maximum Gasteiger partial charge on any atom is 0.258 e. The maximum atomic E-state index is 13.0. The van der Waals surface area contributed by atoms with E-state index in [4.69, 9.17) is 21.1 Å². The number of carbonyl (C=O) groups excluding carboxylic acids is 2. The first-order valence-corrected chi connectivity index (χ1v) is 9.75. The number of morpholine rings is 1. The molecular weight excluding hydrogens is 414 g/mol. The predicted octanol–water partition coefficient (Wildman–Crippen LogP) is 1.33. The van der Waals surface area contributed by atoms with Crippen LogP contribution >= 0.6 is 11.6 Å². The van der Waals surface area contributed by atoms with Crippen LogP contribution in [0.5, 0.6) is 5.75 Å². The number of nitrogens with zero attached hydrogens (tertiary/aromatic N) is 2. The molecule has 1 fully saturated rings. The van der Waals surface area contributed by atoms with E-state index < -0.39 is 23.3 Å². The largest absolute Gasteiger partial charge is 0.495 e. The van der Waals surface area contributed by atoms with Crippen molar-refractivity contribution < 1.29 is 19.1 Å². The molecule has 11 heteroatoms. The third kappa shape index (κ3) is 3.96. The summed E-state index contributed by atoms with van der Waals surface area (Å²) in [6.45, 7) is 2.15. The molecule has 2 amide bonds. The first-order valence-electron chi connectivity index (χ1n) is 9.37. The molecule has 3 heterocycles. The number of hydrogen-bond donors (Lipinski definition) is 3. The molecule has 0 saturated carbocycles. The van der Waals surface area contributed by atoms with E-state index in [1.54, 1.807) is 12.1 Å². The fourth-order valence-electron chi connectivity index (χ4n) is 3.51. The third-order valence-electron chi connectivity index (χ3n) is 4.99. The SMILES string of the molecule is COc1ccc(Cl)cc1NC(=O)C1CC(=O)Nc2nc(N3CCOCC3)[nH]c(=O)c21. The van der Waals surface area contributed by atoms with E-state index in [9.17, 15) is 14.4 Å². The van der Waals surface area contributed by atoms with Crippen LogP contribution in [0.2, 0.25) is 5.02 Å². The average molecular weight is 434 g/mol. The van der Waals surface area contributed by atoms with Crippen molar-refractivity contribution in [1.29, 1.82) is 0 Å². The standard InChI is InChI=1S/C19H20ClN5O5/c1-29-13-3-2-10(20)8-12(13)21-17(27)11-9-14(26)22-16-15(11)18(28)24-19(23-16)25-4-6-30-7-5-25/h2-3,8,11H,4-7,9H2,1H3,(H,21,27)(H2,22,23,24,26,28). The molecule has 2 aromatic rings. The molecule has 0 spiro atoms. The highest BCUT2D eigenvalue weighted by atomic mass is 35.5. The van der Waals surface area contributed by atoms with Crippen molar-refractivity contribution >= 4 is 40.9 Å². The van der Waals surface area contributed by atoms with Crippen LogP contribution in [-0.2, 0) is 14.3 Å². The number of hydrogen-bond acceptors (Lipinski definition) is 7. The molecule has 3 N–H and O–H groups in total. The number of halogens is 1. The zero-order valence-electron chi connectivity index (χ0n) is 16.2. The lowest BCUT2D eigenvalue weighted by Gasteiger charge is -2.29. The Morgan fingerprint density at radius 3 is 2.83 bits per heavy atom. The van der Waals surface area contributed by atoms with Crippen LogP contribution in [0.4, 0.5) is 17.5 Å². The molecule has 4 rings (SSSR count). The van der Waals surface area contributed by atoms with Gasteiger partial charge in [0.2, 0.25) is 17.8 Å². The molecule has 1 atom stereocenters. The smallest absolute Gasteiger partial charge is 0.258 e. The minimum atomic E-state index is -1.01. The Labute approximate surface area is 176 Å². The molecular formula is C19H20ClN5O5. The second-order valence-electron chi connectivity index (χ2n) is 6.89. The molecule has 2 aliphatic rings. The molecule has 30 heavy (non-hydrogen) atoms. The van der Waals surface area contributed by atoms with E-state index in [1.807, 2.05) is 4.90 Å². The summed E-state index contributed by atoms with van der Waals surface area (Å²) < 4.78 is 10.5. The van der Waals surface area contributed by atoms with Gasteiger partial charge >= 0.3 is 0 Å². The fourth-order valence-corrected chi connectivity index (χ4v) is 3.68. The van der Waals surface area contributed by atoms with Crippen molar-refractivity contribution in [2.45, 2.75) is 12.3 Å². The normalized spacial score (nSPS) is 18.4. The Morgan fingerprint density at radius 1 is 1.33 bits per heavy atom. The second-order valence-corrected chi connectivity index (χ2v) is 7.33. The van der Waals surface area contributed by atoms with Crippen LogP contribution in [0.1, 0.15) is 17.9 Å². The fraction of sp³-hybridized carbons (Fsp3) is 0.368. The summed E-state index contributed by atoms with van der Waals surface area (Å²) in [4.78, 5) is 47.1. The number of rotatable bonds is 4. The summed E-state index contributed by atoms with van der Waals surface area (Å²) in [6, 6.07) is 4.77. The number of aromatic nitrogens is 2. The lowest BCUT2D eigenvalue weighted by atomic mass is 9.92. The van der Waals surface area contributed by atoms with Crippen molar-refractivity contribution in [3.05, 3.63) is 39.1 Å². The van der Waals surface area contributed by atoms with Gasteiger partial charge < -0.3 is 25.0 Å². The highest BCUT2D eigenvalue weighted by Gasteiger charge is 2.35. The Kier molecular flexibility index (Phi) is 5.60. The number of H-pyrrole nitrogens is 1. The first kappa shape index (κ1) is 20.2. The van der Waals surface area contributed by atoms with Gasteiger partial charge in [-0.25, -0.2) is 0 Å². The zero-order chi connectivity index (χ0) is 21.3. The van der Waals surface area contributed by atoms with Gasteiger partial charge in [-0.2, -0.15) is 4.98 Å².